The molecule has 10 heteroatoms. The molecule has 3 aliphatic rings. The lowest BCUT2D eigenvalue weighted by atomic mass is 9.40. The number of carbonyl (C=O) groups excluding carboxylic acids is 2. The van der Waals surface area contributed by atoms with Crippen molar-refractivity contribution in [1.29, 1.82) is 0 Å². The van der Waals surface area contributed by atoms with Gasteiger partial charge in [0.25, 0.3) is 0 Å². The number of Topliss-reactive ketones (excluding diaryl/α,β-unsaturated/α-hetero) is 1. The van der Waals surface area contributed by atoms with Crippen molar-refractivity contribution in [2.24, 2.45) is 16.7 Å². The molecule has 1 saturated heterocycles. The maximum absolute atomic E-state index is 13.8. The fourth-order valence-electron chi connectivity index (χ4n) is 7.33. The molecular formula is C27H47N3O7. The molecule has 0 unspecified atom stereocenters. The quantitative estimate of drug-likeness (QED) is 0.181. The Morgan fingerprint density at radius 3 is 2.46 bits per heavy atom. The van der Waals surface area contributed by atoms with Crippen LogP contribution in [-0.4, -0.2) is 94.4 Å². The summed E-state index contributed by atoms with van der Waals surface area (Å²) in [6, 6.07) is 0. The smallest absolute Gasteiger partial charge is 0.421 e. The molecule has 10 nitrogen and oxygen atoms in total. The zero-order chi connectivity index (χ0) is 28.0. The number of unbranched alkanes of at least 4 members (excludes halogenated alkanes) is 1. The largest absolute Gasteiger partial charge is 0.442 e. The highest BCUT2D eigenvalue weighted by atomic mass is 16.6. The van der Waals surface area contributed by atoms with Gasteiger partial charge in [0.1, 0.15) is 17.8 Å². The fourth-order valence-corrected chi connectivity index (χ4v) is 7.33. The second-order valence-corrected chi connectivity index (χ2v) is 12.7. The number of aliphatic hydroxyl groups is 3. The van der Waals surface area contributed by atoms with Gasteiger partial charge < -0.3 is 29.7 Å². The van der Waals surface area contributed by atoms with E-state index in [1.165, 1.54) is 13.0 Å². The first-order valence-electron chi connectivity index (χ1n) is 13.3. The number of hydrogen-bond acceptors (Lipinski definition) is 9. The summed E-state index contributed by atoms with van der Waals surface area (Å²) >= 11 is 0. The summed E-state index contributed by atoms with van der Waals surface area (Å²) in [5.74, 6) is -1.28. The Balaban J connectivity index is 1.95. The van der Waals surface area contributed by atoms with Gasteiger partial charge in [0.15, 0.2) is 11.4 Å². The van der Waals surface area contributed by atoms with Crippen LogP contribution in [0.15, 0.2) is 12.7 Å². The van der Waals surface area contributed by atoms with E-state index in [1.807, 2.05) is 27.9 Å². The molecular weight excluding hydrogens is 478 g/mol. The van der Waals surface area contributed by atoms with Crippen molar-refractivity contribution in [3.8, 4) is 0 Å². The van der Waals surface area contributed by atoms with E-state index in [2.05, 4.69) is 22.3 Å². The monoisotopic (exact) mass is 525 g/mol. The third kappa shape index (κ3) is 4.74. The topological polar surface area (TPSA) is 141 Å². The molecule has 5 N–H and O–H groups in total. The summed E-state index contributed by atoms with van der Waals surface area (Å²) in [5.41, 5.74) is -1.93. The predicted octanol–water partition coefficient (Wildman–Crippen LogP) is 1.53. The Hall–Kier alpha value is -1.56. The van der Waals surface area contributed by atoms with Crippen LogP contribution in [0.1, 0.15) is 66.7 Å². The van der Waals surface area contributed by atoms with Crippen LogP contribution in [-0.2, 0) is 14.3 Å². The van der Waals surface area contributed by atoms with Gasteiger partial charge in [0.05, 0.1) is 11.7 Å². The fraction of sp³-hybridized carbons (Fsp3) is 0.852. The second kappa shape index (κ2) is 10.2. The summed E-state index contributed by atoms with van der Waals surface area (Å²) < 4.78 is 12.2. The van der Waals surface area contributed by atoms with Crippen molar-refractivity contribution in [3.05, 3.63) is 12.7 Å². The molecule has 3 rings (SSSR count). The highest BCUT2D eigenvalue weighted by Crippen LogP contribution is 2.67. The summed E-state index contributed by atoms with van der Waals surface area (Å²) in [5, 5.41) is 35.4. The van der Waals surface area contributed by atoms with Crippen LogP contribution in [0.2, 0.25) is 0 Å². The van der Waals surface area contributed by atoms with Crippen molar-refractivity contribution in [3.63, 3.8) is 0 Å². The maximum Gasteiger partial charge on any atom is 0.421 e. The Kier molecular flexibility index (Phi) is 8.27. The van der Waals surface area contributed by atoms with Gasteiger partial charge in [-0.1, -0.05) is 26.8 Å². The number of ketones is 1. The summed E-state index contributed by atoms with van der Waals surface area (Å²) in [6.45, 7) is 13.9. The summed E-state index contributed by atoms with van der Waals surface area (Å²) in [4.78, 5) is 28.7. The van der Waals surface area contributed by atoms with Gasteiger partial charge in [-0.2, -0.15) is 0 Å². The lowest BCUT2D eigenvalue weighted by molar-refractivity contribution is -0.369. The van der Waals surface area contributed by atoms with E-state index in [9.17, 15) is 24.9 Å². The first-order valence-corrected chi connectivity index (χ1v) is 13.3. The minimum absolute atomic E-state index is 0.158. The molecule has 0 aromatic rings. The maximum atomic E-state index is 13.8. The van der Waals surface area contributed by atoms with Crippen LogP contribution >= 0.6 is 0 Å². The van der Waals surface area contributed by atoms with Gasteiger partial charge in [-0.25, -0.2) is 10.2 Å². The number of hydrazine groups is 1. The number of nitrogens with one attached hydrogen (secondary N) is 2. The molecule has 0 spiro atoms. The average Bonchev–Trinajstić information content (AvgIpc) is 2.80. The Morgan fingerprint density at radius 1 is 1.22 bits per heavy atom. The Bertz CT molecular complexity index is 897. The van der Waals surface area contributed by atoms with Gasteiger partial charge in [-0.05, 0) is 65.6 Å². The van der Waals surface area contributed by atoms with Crippen LogP contribution in [0.5, 0.6) is 0 Å². The highest BCUT2D eigenvalue weighted by Gasteiger charge is 2.81. The zero-order valence-electron chi connectivity index (χ0n) is 23.5. The number of aliphatic hydroxyl groups excluding tert-OH is 2. The molecule has 2 saturated carbocycles. The molecule has 37 heavy (non-hydrogen) atoms. The lowest BCUT2D eigenvalue weighted by Gasteiger charge is -2.71. The van der Waals surface area contributed by atoms with Gasteiger partial charge in [0.2, 0.25) is 0 Å². The van der Waals surface area contributed by atoms with Crippen molar-refractivity contribution < 1.29 is 34.4 Å². The van der Waals surface area contributed by atoms with E-state index in [0.717, 1.165) is 19.4 Å². The van der Waals surface area contributed by atoms with Crippen molar-refractivity contribution >= 4 is 11.9 Å². The molecule has 0 aromatic heterocycles. The highest BCUT2D eigenvalue weighted by molar-refractivity contribution is 5.92. The third-order valence-electron chi connectivity index (χ3n) is 9.33. The summed E-state index contributed by atoms with van der Waals surface area (Å²) in [6.07, 6.45) is -0.613. The van der Waals surface area contributed by atoms with E-state index in [4.69, 9.17) is 9.47 Å². The molecule has 1 aliphatic heterocycles. The molecule has 1 amide bonds. The van der Waals surface area contributed by atoms with Crippen LogP contribution in [0.25, 0.3) is 0 Å². The number of nitrogens with zero attached hydrogens (tertiary/aromatic N) is 1. The van der Waals surface area contributed by atoms with Crippen molar-refractivity contribution in [2.75, 3.05) is 27.2 Å². The van der Waals surface area contributed by atoms with Crippen molar-refractivity contribution in [2.45, 2.75) is 102 Å². The molecule has 1 heterocycles. The number of hydrogen-bond donors (Lipinski definition) is 5. The minimum atomic E-state index is -2.23. The second-order valence-electron chi connectivity index (χ2n) is 12.7. The average molecular weight is 526 g/mol. The van der Waals surface area contributed by atoms with Gasteiger partial charge in [0, 0.05) is 24.3 Å². The van der Waals surface area contributed by atoms with E-state index >= 15 is 0 Å². The first kappa shape index (κ1) is 30.0. The van der Waals surface area contributed by atoms with Crippen LogP contribution < -0.4 is 10.9 Å². The van der Waals surface area contributed by atoms with Gasteiger partial charge >= 0.3 is 6.09 Å². The number of ether oxygens (including phenoxy) is 2. The van der Waals surface area contributed by atoms with Crippen LogP contribution in [0, 0.1) is 16.7 Å². The predicted molar refractivity (Wildman–Crippen MR) is 138 cm³/mol. The van der Waals surface area contributed by atoms with E-state index < -0.39 is 63.7 Å². The molecule has 212 valence electrons. The van der Waals surface area contributed by atoms with Crippen LogP contribution in [0.4, 0.5) is 4.79 Å². The zero-order valence-corrected chi connectivity index (χ0v) is 23.5. The third-order valence-corrected chi connectivity index (χ3v) is 9.33. The molecule has 2 aliphatic carbocycles. The molecule has 0 radical (unpaired) electrons. The number of fused-ring (bicyclic) bond motifs is 3. The van der Waals surface area contributed by atoms with Crippen LogP contribution in [0.3, 0.4) is 0 Å². The number of amides is 1. The molecule has 3 fully saturated rings. The first-order chi connectivity index (χ1) is 17.0. The Morgan fingerprint density at radius 2 is 1.86 bits per heavy atom. The molecule has 8 atom stereocenters. The van der Waals surface area contributed by atoms with Gasteiger partial charge in [-0.3, -0.25) is 10.2 Å². The SMILES string of the molecule is C=C[C@@]1(C)CC(=O)[C@]2(O)[C@@]3(C)[C@@H](O)CCC(C)(C)[C@@H]3[C@H](OC(=O)NNCCCCN(C)C)[C@H](O)[C@@]2(C)O1. The van der Waals surface area contributed by atoms with E-state index in [1.54, 1.807) is 13.8 Å². The van der Waals surface area contributed by atoms with E-state index in [0.29, 0.717) is 19.4 Å². The van der Waals surface area contributed by atoms with E-state index in [-0.39, 0.29) is 6.42 Å². The number of rotatable bonds is 8. The standard InChI is InChI=1S/C27H47N3O7/c1-9-24(4)16-18(32)27(35)25(5)17(31)12-13-23(2,3)20(25)19(21(33)26(27,6)37-24)36-22(34)29-28-14-10-11-15-30(7)8/h9,17,19-21,28,31,33,35H,1,10-16H2,2-8H3,(H,29,34)/t17-,19-,20-,21-,24-,25-,26+,27-/m0/s1. The number of carbonyl (C=O) groups is 2. The molecule has 0 aromatic carbocycles. The molecule has 0 bridgehead atoms. The Labute approximate surface area is 220 Å². The lowest BCUT2D eigenvalue weighted by Crippen LogP contribution is -2.86. The van der Waals surface area contributed by atoms with Crippen molar-refractivity contribution in [1.82, 2.24) is 15.8 Å². The van der Waals surface area contributed by atoms with Gasteiger partial charge in [-0.15, -0.1) is 6.58 Å². The normalized spacial score (nSPS) is 43.1. The minimum Gasteiger partial charge on any atom is -0.442 e. The summed E-state index contributed by atoms with van der Waals surface area (Å²) in [7, 11) is 4.00.